The van der Waals surface area contributed by atoms with Gasteiger partial charge in [-0.25, -0.2) is 4.79 Å². The van der Waals surface area contributed by atoms with E-state index in [1.807, 2.05) is 6.92 Å². The van der Waals surface area contributed by atoms with Crippen LogP contribution < -0.4 is 5.73 Å². The molecule has 4 atom stereocenters. The molecule has 1 amide bonds. The molecule has 114 valence electrons. The minimum absolute atomic E-state index is 0.287. The first-order valence-corrected chi connectivity index (χ1v) is 6.94. The van der Waals surface area contributed by atoms with E-state index in [-0.39, 0.29) is 12.1 Å². The predicted molar refractivity (Wildman–Crippen MR) is 74.0 cm³/mol. The molecule has 0 unspecified atom stereocenters. The van der Waals surface area contributed by atoms with Gasteiger partial charge >= 0.3 is 6.09 Å². The van der Waals surface area contributed by atoms with Gasteiger partial charge in [0.2, 0.25) is 0 Å². The second-order valence-corrected chi connectivity index (χ2v) is 5.03. The number of aliphatic hydroxyl groups is 1. The van der Waals surface area contributed by atoms with Gasteiger partial charge in [-0.3, -0.25) is 4.90 Å². The summed E-state index contributed by atoms with van der Waals surface area (Å²) >= 11 is 0. The molecule has 1 aliphatic heterocycles. The van der Waals surface area contributed by atoms with Gasteiger partial charge in [0.1, 0.15) is 0 Å². The maximum Gasteiger partial charge on any atom is 0.410 e. The van der Waals surface area contributed by atoms with E-state index >= 15 is 0 Å². The highest BCUT2D eigenvalue weighted by molar-refractivity contribution is 5.71. The first kappa shape index (κ1) is 16.6. The second kappa shape index (κ2) is 7.94. The van der Waals surface area contributed by atoms with Crippen LogP contribution in [-0.2, 0) is 4.74 Å². The van der Waals surface area contributed by atoms with Gasteiger partial charge in [-0.05, 0) is 31.7 Å². The Kier molecular flexibility index (Phi) is 6.57. The van der Waals surface area contributed by atoms with Gasteiger partial charge in [0.05, 0.1) is 12.1 Å². The zero-order valence-corrected chi connectivity index (χ0v) is 12.0. The normalized spacial score (nSPS) is 25.0. The smallest absolute Gasteiger partial charge is 0.410 e. The van der Waals surface area contributed by atoms with Crippen molar-refractivity contribution in [1.82, 2.24) is 4.90 Å². The largest absolute Gasteiger partial charge is 0.441 e. The van der Waals surface area contributed by atoms with Crippen LogP contribution in [0.4, 0.5) is 4.79 Å². The molecule has 0 radical (unpaired) electrons. The Morgan fingerprint density at radius 1 is 1.60 bits per heavy atom. The fourth-order valence-corrected chi connectivity index (χ4v) is 2.42. The summed E-state index contributed by atoms with van der Waals surface area (Å²) < 4.78 is 5.25. The minimum Gasteiger partial charge on any atom is -0.441 e. The number of cyclic esters (lactones) is 1. The maximum atomic E-state index is 11.9. The number of ether oxygens (including phenoxy) is 1. The lowest BCUT2D eigenvalue weighted by Gasteiger charge is -2.29. The van der Waals surface area contributed by atoms with Crippen LogP contribution in [-0.4, -0.2) is 53.5 Å². The van der Waals surface area contributed by atoms with Crippen LogP contribution in [0.1, 0.15) is 33.1 Å². The monoisotopic (exact) mass is 285 g/mol. The van der Waals surface area contributed by atoms with Gasteiger partial charge in [-0.1, -0.05) is 12.0 Å². The van der Waals surface area contributed by atoms with Crippen LogP contribution >= 0.6 is 0 Å². The van der Waals surface area contributed by atoms with Crippen LogP contribution in [0.25, 0.3) is 10.4 Å². The van der Waals surface area contributed by atoms with Crippen molar-refractivity contribution < 1.29 is 14.6 Å². The quantitative estimate of drug-likeness (QED) is 0.302. The van der Waals surface area contributed by atoms with Crippen molar-refractivity contribution >= 4 is 6.09 Å². The number of hydrogen-bond donors (Lipinski definition) is 2. The number of azide groups is 1. The summed E-state index contributed by atoms with van der Waals surface area (Å²) in [5, 5.41) is 13.4. The van der Waals surface area contributed by atoms with Gasteiger partial charge in [0.25, 0.3) is 0 Å². The first-order valence-electron chi connectivity index (χ1n) is 6.94. The molecule has 8 nitrogen and oxygen atoms in total. The molecular weight excluding hydrogens is 262 g/mol. The highest BCUT2D eigenvalue weighted by Crippen LogP contribution is 2.25. The van der Waals surface area contributed by atoms with Crippen molar-refractivity contribution in [1.29, 1.82) is 0 Å². The first-order chi connectivity index (χ1) is 9.52. The average molecular weight is 285 g/mol. The molecule has 1 saturated heterocycles. The third-order valence-electron chi connectivity index (χ3n) is 3.47. The van der Waals surface area contributed by atoms with Gasteiger partial charge in [0.15, 0.2) is 6.10 Å². The van der Waals surface area contributed by atoms with Crippen LogP contribution in [0.2, 0.25) is 0 Å². The number of carbonyl (C=O) groups is 1. The van der Waals surface area contributed by atoms with Crippen molar-refractivity contribution in [3.05, 3.63) is 10.4 Å². The van der Waals surface area contributed by atoms with Crippen LogP contribution in [0, 0.1) is 0 Å². The van der Waals surface area contributed by atoms with Gasteiger partial charge in [-0.2, -0.15) is 0 Å². The molecule has 0 aliphatic carbocycles. The summed E-state index contributed by atoms with van der Waals surface area (Å²) in [6, 6.07) is -0.610. The second-order valence-electron chi connectivity index (χ2n) is 5.03. The van der Waals surface area contributed by atoms with Gasteiger partial charge in [-0.15, -0.1) is 0 Å². The van der Waals surface area contributed by atoms with Crippen LogP contribution in [0.15, 0.2) is 5.11 Å². The number of hydrogen-bond acceptors (Lipinski definition) is 5. The predicted octanol–water partition coefficient (Wildman–Crippen LogP) is 1.38. The Balaban J connectivity index is 2.62. The number of rotatable bonds is 8. The Hall–Kier alpha value is -1.50. The highest BCUT2D eigenvalue weighted by atomic mass is 16.6. The van der Waals surface area contributed by atoms with E-state index in [0.29, 0.717) is 32.4 Å². The van der Waals surface area contributed by atoms with Crippen molar-refractivity contribution in [2.75, 3.05) is 13.1 Å². The highest BCUT2D eigenvalue weighted by Gasteiger charge is 2.46. The summed E-state index contributed by atoms with van der Waals surface area (Å²) in [6.07, 6.45) is 0.180. The summed E-state index contributed by atoms with van der Waals surface area (Å²) in [7, 11) is 0. The van der Waals surface area contributed by atoms with E-state index in [1.165, 1.54) is 0 Å². The minimum atomic E-state index is -0.705. The number of nitrogens with zero attached hydrogens (tertiary/aromatic N) is 4. The third kappa shape index (κ3) is 4.00. The molecule has 0 aromatic carbocycles. The van der Waals surface area contributed by atoms with Crippen LogP contribution in [0.3, 0.4) is 0 Å². The molecule has 1 aliphatic rings. The summed E-state index contributed by atoms with van der Waals surface area (Å²) in [5.41, 5.74) is 14.1. The van der Waals surface area contributed by atoms with Crippen LogP contribution in [0.5, 0.6) is 0 Å². The lowest BCUT2D eigenvalue weighted by molar-refractivity contribution is 0.0121. The topological polar surface area (TPSA) is 125 Å². The number of nitrogens with two attached hydrogens (primary N) is 1. The molecule has 1 rings (SSSR count). The number of amides is 1. The lowest BCUT2D eigenvalue weighted by Crippen LogP contribution is -2.51. The number of aliphatic hydroxyl groups excluding tert-OH is 1. The summed E-state index contributed by atoms with van der Waals surface area (Å²) in [4.78, 5) is 16.1. The summed E-state index contributed by atoms with van der Waals surface area (Å²) in [5.74, 6) is 0. The van der Waals surface area contributed by atoms with E-state index in [0.717, 1.165) is 0 Å². The molecule has 8 heteroatoms. The average Bonchev–Trinajstić information content (AvgIpc) is 2.75. The van der Waals surface area contributed by atoms with Gasteiger partial charge in [0, 0.05) is 24.0 Å². The Morgan fingerprint density at radius 2 is 2.30 bits per heavy atom. The Labute approximate surface area is 118 Å². The Morgan fingerprint density at radius 3 is 2.85 bits per heavy atom. The molecule has 0 bridgehead atoms. The molecule has 0 aromatic rings. The molecule has 0 aromatic heterocycles. The lowest BCUT2D eigenvalue weighted by atomic mass is 9.97. The molecular formula is C12H23N5O3. The number of unbranched alkanes of at least 4 members (excludes halogenated alkanes) is 1. The van der Waals surface area contributed by atoms with Crippen molar-refractivity contribution in [3.8, 4) is 0 Å². The van der Waals surface area contributed by atoms with E-state index in [9.17, 15) is 9.90 Å². The Bertz CT molecular complexity index is 370. The molecule has 0 saturated carbocycles. The number of carbonyl (C=O) groups excluding carboxylic acids is 1. The molecule has 3 N–H and O–H groups in total. The molecule has 1 heterocycles. The molecule has 20 heavy (non-hydrogen) atoms. The fraction of sp³-hybridized carbons (Fsp3) is 0.917. The van der Waals surface area contributed by atoms with Gasteiger partial charge < -0.3 is 15.6 Å². The third-order valence-corrected chi connectivity index (χ3v) is 3.47. The van der Waals surface area contributed by atoms with E-state index in [1.54, 1.807) is 11.8 Å². The van der Waals surface area contributed by atoms with Crippen molar-refractivity contribution in [2.24, 2.45) is 10.8 Å². The zero-order chi connectivity index (χ0) is 15.1. The SMILES string of the molecule is CC[C@@H](O)[C@H]1OC(=O)N(CCCCN=[N+]=[N-])[C@@H]1[C@@H](C)N. The zero-order valence-electron chi connectivity index (χ0n) is 12.0. The van der Waals surface area contributed by atoms with E-state index < -0.39 is 18.3 Å². The van der Waals surface area contributed by atoms with Crippen molar-refractivity contribution in [2.45, 2.75) is 57.4 Å². The molecule has 0 spiro atoms. The fourth-order valence-electron chi connectivity index (χ4n) is 2.42. The standard InChI is InChI=1S/C12H23N5O3/c1-3-9(18)11-10(8(2)13)17(12(19)20-11)7-5-4-6-15-16-14/h8-11,18H,3-7,13H2,1-2H3/t8-,9-,10-,11-/m1/s1. The maximum absolute atomic E-state index is 11.9. The molecule has 1 fully saturated rings. The van der Waals surface area contributed by atoms with E-state index in [2.05, 4.69) is 10.0 Å². The van der Waals surface area contributed by atoms with E-state index in [4.69, 9.17) is 16.0 Å². The van der Waals surface area contributed by atoms with Crippen molar-refractivity contribution in [3.63, 3.8) is 0 Å². The summed E-state index contributed by atoms with van der Waals surface area (Å²) in [6.45, 7) is 4.52.